The standard InChI is InChI=1S/C7H13NO/c1-3-5-8-7-6(4-2)9-7/h8H,3-5H2,1-2H3. The number of hydrogen-bond donors (Lipinski definition) is 1. The number of ether oxygens (including phenoxy) is 1. The molecule has 1 aliphatic rings. The van der Waals surface area contributed by atoms with Crippen LogP contribution in [0.2, 0.25) is 0 Å². The van der Waals surface area contributed by atoms with Crippen LogP contribution in [0, 0.1) is 0 Å². The SMILES string of the molecule is CCCNC1=C(CC)O1. The second-order valence-electron chi connectivity index (χ2n) is 2.13. The van der Waals surface area contributed by atoms with Gasteiger partial charge in [-0.05, 0) is 6.42 Å². The summed E-state index contributed by atoms with van der Waals surface area (Å²) in [5, 5.41) is 3.16. The minimum Gasteiger partial charge on any atom is -0.437 e. The molecule has 0 atom stereocenters. The molecule has 0 saturated heterocycles. The first-order valence-corrected chi connectivity index (χ1v) is 3.53. The fourth-order valence-electron chi connectivity index (χ4n) is 0.704. The summed E-state index contributed by atoms with van der Waals surface area (Å²) in [7, 11) is 0. The monoisotopic (exact) mass is 127 g/mol. The van der Waals surface area contributed by atoms with Gasteiger partial charge in [0.2, 0.25) is 5.88 Å². The highest BCUT2D eigenvalue weighted by Gasteiger charge is 2.21. The fraction of sp³-hybridized carbons (Fsp3) is 0.714. The smallest absolute Gasteiger partial charge is 0.232 e. The lowest BCUT2D eigenvalue weighted by molar-refractivity contribution is 0.427. The van der Waals surface area contributed by atoms with Gasteiger partial charge in [-0.15, -0.1) is 0 Å². The second kappa shape index (κ2) is 2.76. The molecule has 0 spiro atoms. The molecule has 0 bridgehead atoms. The molecule has 52 valence electrons. The van der Waals surface area contributed by atoms with Crippen molar-refractivity contribution in [3.8, 4) is 0 Å². The Morgan fingerprint density at radius 2 is 2.22 bits per heavy atom. The lowest BCUT2D eigenvalue weighted by Gasteiger charge is -1.90. The summed E-state index contributed by atoms with van der Waals surface area (Å²) in [5.74, 6) is 2.14. The van der Waals surface area contributed by atoms with Gasteiger partial charge in [-0.1, -0.05) is 13.8 Å². The van der Waals surface area contributed by atoms with Crippen LogP contribution in [-0.2, 0) is 4.74 Å². The Bertz CT molecular complexity index is 129. The van der Waals surface area contributed by atoms with E-state index in [2.05, 4.69) is 19.2 Å². The fourth-order valence-corrected chi connectivity index (χ4v) is 0.704. The topological polar surface area (TPSA) is 24.6 Å². The Balaban J connectivity index is 2.09. The molecular weight excluding hydrogens is 114 g/mol. The summed E-state index contributed by atoms with van der Waals surface area (Å²) >= 11 is 0. The predicted octanol–water partition coefficient (Wildman–Crippen LogP) is 1.60. The number of rotatable bonds is 4. The molecule has 1 aliphatic heterocycles. The molecule has 9 heavy (non-hydrogen) atoms. The largest absolute Gasteiger partial charge is 0.437 e. The first kappa shape index (κ1) is 6.46. The van der Waals surface area contributed by atoms with Crippen molar-refractivity contribution in [1.82, 2.24) is 5.32 Å². The van der Waals surface area contributed by atoms with Crippen molar-refractivity contribution in [1.29, 1.82) is 0 Å². The Morgan fingerprint density at radius 1 is 1.44 bits per heavy atom. The first-order valence-electron chi connectivity index (χ1n) is 3.53. The highest BCUT2D eigenvalue weighted by atomic mass is 16.6. The van der Waals surface area contributed by atoms with E-state index in [0.717, 1.165) is 31.0 Å². The van der Waals surface area contributed by atoms with Gasteiger partial charge in [-0.3, -0.25) is 0 Å². The van der Waals surface area contributed by atoms with Gasteiger partial charge in [-0.25, -0.2) is 0 Å². The Hall–Kier alpha value is -0.660. The van der Waals surface area contributed by atoms with E-state index in [9.17, 15) is 0 Å². The maximum absolute atomic E-state index is 5.09. The molecular formula is C7H13NO. The molecule has 0 saturated carbocycles. The van der Waals surface area contributed by atoms with E-state index in [1.165, 1.54) is 0 Å². The van der Waals surface area contributed by atoms with Crippen LogP contribution in [0.1, 0.15) is 26.7 Å². The quantitative estimate of drug-likeness (QED) is 0.620. The van der Waals surface area contributed by atoms with E-state index >= 15 is 0 Å². The van der Waals surface area contributed by atoms with Gasteiger partial charge >= 0.3 is 0 Å². The van der Waals surface area contributed by atoms with E-state index in [4.69, 9.17) is 4.74 Å². The Morgan fingerprint density at radius 3 is 2.67 bits per heavy atom. The lowest BCUT2D eigenvalue weighted by atomic mass is 10.4. The molecule has 0 aromatic heterocycles. The van der Waals surface area contributed by atoms with E-state index < -0.39 is 0 Å². The second-order valence-corrected chi connectivity index (χ2v) is 2.13. The molecule has 0 aliphatic carbocycles. The van der Waals surface area contributed by atoms with E-state index in [1.54, 1.807) is 0 Å². The van der Waals surface area contributed by atoms with Gasteiger partial charge in [-0.2, -0.15) is 0 Å². The van der Waals surface area contributed by atoms with Crippen molar-refractivity contribution in [3.63, 3.8) is 0 Å². The van der Waals surface area contributed by atoms with Crippen LogP contribution in [-0.4, -0.2) is 6.54 Å². The first-order chi connectivity index (χ1) is 4.38. The molecule has 0 fully saturated rings. The van der Waals surface area contributed by atoms with E-state index in [0.29, 0.717) is 0 Å². The molecule has 0 aromatic carbocycles. The third-order valence-electron chi connectivity index (χ3n) is 1.29. The number of nitrogens with one attached hydrogen (secondary N) is 1. The summed E-state index contributed by atoms with van der Waals surface area (Å²) in [4.78, 5) is 0. The van der Waals surface area contributed by atoms with Crippen LogP contribution in [0.25, 0.3) is 0 Å². The molecule has 1 N–H and O–H groups in total. The summed E-state index contributed by atoms with van der Waals surface area (Å²) < 4.78 is 5.09. The average Bonchev–Trinajstić information content (AvgIpc) is 2.62. The number of hydrogen-bond acceptors (Lipinski definition) is 2. The van der Waals surface area contributed by atoms with Crippen LogP contribution in [0.4, 0.5) is 0 Å². The molecule has 0 unspecified atom stereocenters. The third kappa shape index (κ3) is 1.63. The van der Waals surface area contributed by atoms with Crippen molar-refractivity contribution < 1.29 is 4.74 Å². The molecule has 0 radical (unpaired) electrons. The number of allylic oxidation sites excluding steroid dienone is 1. The van der Waals surface area contributed by atoms with Gasteiger partial charge < -0.3 is 10.1 Å². The normalized spacial score (nSPS) is 15.3. The van der Waals surface area contributed by atoms with Crippen LogP contribution in [0.5, 0.6) is 0 Å². The van der Waals surface area contributed by atoms with Gasteiger partial charge in [0.15, 0.2) is 5.76 Å². The molecule has 1 heterocycles. The zero-order chi connectivity index (χ0) is 6.69. The third-order valence-corrected chi connectivity index (χ3v) is 1.29. The minimum atomic E-state index is 1.01. The Labute approximate surface area is 55.9 Å². The zero-order valence-corrected chi connectivity index (χ0v) is 6.03. The van der Waals surface area contributed by atoms with Crippen molar-refractivity contribution >= 4 is 0 Å². The van der Waals surface area contributed by atoms with Crippen molar-refractivity contribution in [2.24, 2.45) is 0 Å². The molecule has 0 aromatic rings. The van der Waals surface area contributed by atoms with Crippen molar-refractivity contribution in [2.45, 2.75) is 26.7 Å². The summed E-state index contributed by atoms with van der Waals surface area (Å²) in [6.07, 6.45) is 2.18. The van der Waals surface area contributed by atoms with Crippen LogP contribution in [0.15, 0.2) is 11.6 Å². The zero-order valence-electron chi connectivity index (χ0n) is 6.03. The highest BCUT2D eigenvalue weighted by Crippen LogP contribution is 2.25. The molecule has 0 amide bonds. The summed E-state index contributed by atoms with van der Waals surface area (Å²) in [5.41, 5.74) is 0. The molecule has 2 heteroatoms. The van der Waals surface area contributed by atoms with Crippen molar-refractivity contribution in [2.75, 3.05) is 6.54 Å². The van der Waals surface area contributed by atoms with E-state index in [-0.39, 0.29) is 0 Å². The predicted molar refractivity (Wildman–Crippen MR) is 36.7 cm³/mol. The lowest BCUT2D eigenvalue weighted by Crippen LogP contribution is -2.07. The van der Waals surface area contributed by atoms with Crippen LogP contribution in [0.3, 0.4) is 0 Å². The molecule has 1 rings (SSSR count). The van der Waals surface area contributed by atoms with Crippen molar-refractivity contribution in [3.05, 3.63) is 11.6 Å². The van der Waals surface area contributed by atoms with Crippen LogP contribution < -0.4 is 5.32 Å². The Kier molecular flexibility index (Phi) is 1.98. The molecule has 2 nitrogen and oxygen atoms in total. The van der Waals surface area contributed by atoms with Gasteiger partial charge in [0.05, 0.1) is 0 Å². The van der Waals surface area contributed by atoms with Crippen LogP contribution >= 0.6 is 0 Å². The maximum Gasteiger partial charge on any atom is 0.232 e. The van der Waals surface area contributed by atoms with Gasteiger partial charge in [0.1, 0.15) is 0 Å². The maximum atomic E-state index is 5.09. The average molecular weight is 127 g/mol. The van der Waals surface area contributed by atoms with Gasteiger partial charge in [0.25, 0.3) is 0 Å². The minimum absolute atomic E-state index is 1.01. The summed E-state index contributed by atoms with van der Waals surface area (Å²) in [6, 6.07) is 0. The van der Waals surface area contributed by atoms with E-state index in [1.807, 2.05) is 0 Å². The summed E-state index contributed by atoms with van der Waals surface area (Å²) in [6.45, 7) is 5.26. The highest BCUT2D eigenvalue weighted by molar-refractivity contribution is 5.14. The van der Waals surface area contributed by atoms with Gasteiger partial charge in [0, 0.05) is 13.0 Å².